The first-order valence-electron chi connectivity index (χ1n) is 5.21. The molecule has 0 saturated carbocycles. The van der Waals surface area contributed by atoms with E-state index >= 15 is 0 Å². The lowest BCUT2D eigenvalue weighted by atomic mass is 10.1. The molecule has 0 aliphatic carbocycles. The van der Waals surface area contributed by atoms with Crippen molar-refractivity contribution in [3.05, 3.63) is 18.0 Å². The molecule has 15 heavy (non-hydrogen) atoms. The second kappa shape index (κ2) is 5.49. The molecule has 1 fully saturated rings. The molecule has 5 heteroatoms. The Morgan fingerprint density at radius 1 is 1.53 bits per heavy atom. The van der Waals surface area contributed by atoms with Gasteiger partial charge in [0.05, 0.1) is 0 Å². The van der Waals surface area contributed by atoms with Gasteiger partial charge in [-0.1, -0.05) is 0 Å². The molecule has 2 rings (SSSR count). The zero-order chi connectivity index (χ0) is 9.97. The molecule has 1 saturated heterocycles. The number of nitrogens with zero attached hydrogens (tertiary/aromatic N) is 2. The van der Waals surface area contributed by atoms with E-state index in [9.17, 15) is 0 Å². The van der Waals surface area contributed by atoms with Gasteiger partial charge in [0.25, 0.3) is 0 Å². The van der Waals surface area contributed by atoms with Gasteiger partial charge in [0.1, 0.15) is 0 Å². The molecule has 2 N–H and O–H groups in total. The van der Waals surface area contributed by atoms with Crippen LogP contribution in [0.1, 0.15) is 19.5 Å². The van der Waals surface area contributed by atoms with Crippen LogP contribution in [0.5, 0.6) is 0 Å². The third kappa shape index (κ3) is 3.19. The Balaban J connectivity index is 0.00000112. The predicted octanol–water partition coefficient (Wildman–Crippen LogP) is 1.01. The number of H-pyrrole nitrogens is 1. The van der Waals surface area contributed by atoms with E-state index in [0.717, 1.165) is 19.6 Å². The normalized spacial score (nSPS) is 27.3. The van der Waals surface area contributed by atoms with E-state index in [-0.39, 0.29) is 12.4 Å². The fraction of sp³-hybridized carbons (Fsp3) is 0.700. The highest BCUT2D eigenvalue weighted by Gasteiger charge is 2.22. The lowest BCUT2D eigenvalue weighted by Crippen LogP contribution is -2.53. The smallest absolute Gasteiger partial charge is 0.0492 e. The standard InChI is InChI=1S/C10H18N4.ClH/c1-8-6-14(9(2)5-11-8)7-10-3-4-12-13-10;/h3-4,8-9,11H,5-7H2,1-2H3,(H,12,13);1H. The Kier molecular flexibility index (Phi) is 4.57. The third-order valence-corrected chi connectivity index (χ3v) is 2.83. The fourth-order valence-corrected chi connectivity index (χ4v) is 1.91. The number of aromatic nitrogens is 2. The Morgan fingerprint density at radius 2 is 2.33 bits per heavy atom. The van der Waals surface area contributed by atoms with Gasteiger partial charge in [-0.2, -0.15) is 5.10 Å². The molecule has 1 aliphatic rings. The molecule has 2 unspecified atom stereocenters. The summed E-state index contributed by atoms with van der Waals surface area (Å²) in [6.07, 6.45) is 1.81. The van der Waals surface area contributed by atoms with Gasteiger partial charge in [-0.15, -0.1) is 12.4 Å². The van der Waals surface area contributed by atoms with Crippen molar-refractivity contribution in [2.45, 2.75) is 32.5 Å². The van der Waals surface area contributed by atoms with Crippen molar-refractivity contribution in [1.29, 1.82) is 0 Å². The van der Waals surface area contributed by atoms with Gasteiger partial charge in [0.2, 0.25) is 0 Å². The first-order valence-corrected chi connectivity index (χ1v) is 5.21. The second-order valence-corrected chi connectivity index (χ2v) is 4.17. The van der Waals surface area contributed by atoms with Gasteiger partial charge in [0, 0.05) is 43.6 Å². The highest BCUT2D eigenvalue weighted by molar-refractivity contribution is 5.85. The van der Waals surface area contributed by atoms with Crippen LogP contribution in [-0.4, -0.2) is 40.3 Å². The predicted molar refractivity (Wildman–Crippen MR) is 63.2 cm³/mol. The van der Waals surface area contributed by atoms with E-state index in [1.165, 1.54) is 5.69 Å². The van der Waals surface area contributed by atoms with Crippen molar-refractivity contribution in [2.24, 2.45) is 0 Å². The first kappa shape index (κ1) is 12.5. The number of hydrogen-bond acceptors (Lipinski definition) is 3. The van der Waals surface area contributed by atoms with Crippen LogP contribution >= 0.6 is 12.4 Å². The molecule has 0 aromatic carbocycles. The lowest BCUT2D eigenvalue weighted by molar-refractivity contribution is 0.137. The van der Waals surface area contributed by atoms with Gasteiger partial charge in [0.15, 0.2) is 0 Å². The SMILES string of the molecule is CC1CN(Cc2ccn[nH]2)C(C)CN1.Cl. The summed E-state index contributed by atoms with van der Waals surface area (Å²) in [4.78, 5) is 2.48. The average Bonchev–Trinajstić information content (AvgIpc) is 2.64. The summed E-state index contributed by atoms with van der Waals surface area (Å²) >= 11 is 0. The number of piperazine rings is 1. The number of halogens is 1. The summed E-state index contributed by atoms with van der Waals surface area (Å²) in [5.74, 6) is 0. The zero-order valence-electron chi connectivity index (χ0n) is 9.23. The Morgan fingerprint density at radius 3 is 3.00 bits per heavy atom. The van der Waals surface area contributed by atoms with E-state index in [0.29, 0.717) is 12.1 Å². The number of hydrogen-bond donors (Lipinski definition) is 2. The van der Waals surface area contributed by atoms with Crippen LogP contribution in [0, 0.1) is 0 Å². The highest BCUT2D eigenvalue weighted by atomic mass is 35.5. The quantitative estimate of drug-likeness (QED) is 0.797. The molecule has 2 atom stereocenters. The van der Waals surface area contributed by atoms with Crippen LogP contribution < -0.4 is 5.32 Å². The second-order valence-electron chi connectivity index (χ2n) is 4.17. The first-order chi connectivity index (χ1) is 6.75. The molecule has 1 aliphatic heterocycles. The van der Waals surface area contributed by atoms with Crippen LogP contribution in [0.15, 0.2) is 12.3 Å². The lowest BCUT2D eigenvalue weighted by Gasteiger charge is -2.37. The molecule has 1 aromatic heterocycles. The zero-order valence-corrected chi connectivity index (χ0v) is 10.0. The van der Waals surface area contributed by atoms with Gasteiger partial charge < -0.3 is 5.32 Å². The van der Waals surface area contributed by atoms with E-state index < -0.39 is 0 Å². The van der Waals surface area contributed by atoms with Crippen LogP contribution in [0.4, 0.5) is 0 Å². The maximum Gasteiger partial charge on any atom is 0.0492 e. The topological polar surface area (TPSA) is 44.0 Å². The van der Waals surface area contributed by atoms with Crippen molar-refractivity contribution >= 4 is 12.4 Å². The highest BCUT2D eigenvalue weighted by Crippen LogP contribution is 2.10. The van der Waals surface area contributed by atoms with Crippen molar-refractivity contribution in [2.75, 3.05) is 13.1 Å². The molecular weight excluding hydrogens is 212 g/mol. The van der Waals surface area contributed by atoms with Crippen LogP contribution in [0.25, 0.3) is 0 Å². The van der Waals surface area contributed by atoms with Crippen LogP contribution in [-0.2, 0) is 6.54 Å². The molecule has 1 aromatic rings. The summed E-state index contributed by atoms with van der Waals surface area (Å²) < 4.78 is 0. The Bertz CT molecular complexity index is 275. The van der Waals surface area contributed by atoms with Crippen LogP contribution in [0.3, 0.4) is 0 Å². The largest absolute Gasteiger partial charge is 0.311 e. The van der Waals surface area contributed by atoms with Crippen LogP contribution in [0.2, 0.25) is 0 Å². The van der Waals surface area contributed by atoms with Gasteiger partial charge in [-0.3, -0.25) is 10.00 Å². The minimum absolute atomic E-state index is 0. The van der Waals surface area contributed by atoms with Crippen molar-refractivity contribution in [3.8, 4) is 0 Å². The summed E-state index contributed by atoms with van der Waals surface area (Å²) in [6, 6.07) is 3.24. The Labute approximate surface area is 96.8 Å². The summed E-state index contributed by atoms with van der Waals surface area (Å²) in [6.45, 7) is 7.66. The monoisotopic (exact) mass is 230 g/mol. The average molecular weight is 231 g/mol. The molecule has 4 nitrogen and oxygen atoms in total. The van der Waals surface area contributed by atoms with Gasteiger partial charge in [-0.25, -0.2) is 0 Å². The maximum absolute atomic E-state index is 3.96. The van der Waals surface area contributed by atoms with E-state index in [4.69, 9.17) is 0 Å². The molecule has 0 amide bonds. The summed E-state index contributed by atoms with van der Waals surface area (Å²) in [7, 11) is 0. The fourth-order valence-electron chi connectivity index (χ4n) is 1.91. The number of nitrogens with one attached hydrogen (secondary N) is 2. The summed E-state index contributed by atoms with van der Waals surface area (Å²) in [5.41, 5.74) is 1.20. The number of aromatic amines is 1. The van der Waals surface area contributed by atoms with Gasteiger partial charge in [-0.05, 0) is 19.9 Å². The van der Waals surface area contributed by atoms with Crippen molar-refractivity contribution < 1.29 is 0 Å². The van der Waals surface area contributed by atoms with E-state index in [1.54, 1.807) is 0 Å². The van der Waals surface area contributed by atoms with E-state index in [2.05, 4.69) is 34.3 Å². The third-order valence-electron chi connectivity index (χ3n) is 2.83. The molecule has 0 bridgehead atoms. The summed E-state index contributed by atoms with van der Waals surface area (Å²) in [5, 5.41) is 10.4. The molecule has 0 radical (unpaired) electrons. The Hall–Kier alpha value is -0.580. The molecule has 2 heterocycles. The minimum Gasteiger partial charge on any atom is -0.311 e. The minimum atomic E-state index is 0. The van der Waals surface area contributed by atoms with Gasteiger partial charge >= 0.3 is 0 Å². The van der Waals surface area contributed by atoms with E-state index in [1.807, 2.05) is 12.3 Å². The number of rotatable bonds is 2. The van der Waals surface area contributed by atoms with Crippen molar-refractivity contribution in [1.82, 2.24) is 20.4 Å². The van der Waals surface area contributed by atoms with Crippen molar-refractivity contribution in [3.63, 3.8) is 0 Å². The maximum atomic E-state index is 3.96. The molecule has 86 valence electrons. The molecule has 0 spiro atoms. The molecular formula is C10H19ClN4.